The van der Waals surface area contributed by atoms with Crippen molar-refractivity contribution in [3.63, 3.8) is 0 Å². The van der Waals surface area contributed by atoms with E-state index >= 15 is 0 Å². The molecule has 0 atom stereocenters. The molecule has 2 aliphatic heterocycles. The second-order valence-corrected chi connectivity index (χ2v) is 6.59. The summed E-state index contributed by atoms with van der Waals surface area (Å²) in [5, 5.41) is 0. The summed E-state index contributed by atoms with van der Waals surface area (Å²) in [5.41, 5.74) is 0.930. The molecule has 0 aromatic heterocycles. The van der Waals surface area contributed by atoms with Gasteiger partial charge in [0, 0.05) is 5.69 Å². The Morgan fingerprint density at radius 1 is 1.13 bits per heavy atom. The third-order valence-electron chi connectivity index (χ3n) is 3.70. The number of nitrogens with zero attached hydrogens (tertiary/aromatic N) is 2. The summed E-state index contributed by atoms with van der Waals surface area (Å²) < 4.78 is 43.6. The average molecular weight is 326 g/mol. The van der Waals surface area contributed by atoms with Gasteiger partial charge in [-0.25, -0.2) is 4.79 Å². The van der Waals surface area contributed by atoms with Gasteiger partial charge in [0.2, 0.25) is 0 Å². The van der Waals surface area contributed by atoms with Crippen LogP contribution in [0.15, 0.2) is 35.7 Å². The molecule has 0 saturated heterocycles. The van der Waals surface area contributed by atoms with Gasteiger partial charge in [0.05, 0.1) is 30.0 Å². The van der Waals surface area contributed by atoms with Gasteiger partial charge in [0.25, 0.3) is 0 Å². The van der Waals surface area contributed by atoms with E-state index < -0.39 is 23.4 Å². The number of benzene rings is 1. The molecule has 124 valence electrons. The van der Waals surface area contributed by atoms with Crippen LogP contribution in [0.3, 0.4) is 0 Å². The summed E-state index contributed by atoms with van der Waals surface area (Å²) >= 11 is 0. The van der Waals surface area contributed by atoms with Crippen LogP contribution in [0.1, 0.15) is 26.3 Å². The Kier molecular flexibility index (Phi) is 3.35. The van der Waals surface area contributed by atoms with Crippen molar-refractivity contribution in [1.82, 2.24) is 4.90 Å². The van der Waals surface area contributed by atoms with Gasteiger partial charge in [-0.3, -0.25) is 4.90 Å². The lowest BCUT2D eigenvalue weighted by Crippen LogP contribution is -2.58. The standard InChI is InChI=1S/C16H17F3N2O2/c1-15(2,3)23-14(22)21-9-12-13(21)8-20(12)11-6-4-5-10(7-11)16(17,18)19/h4-7H,8-9H2,1-3H3. The van der Waals surface area contributed by atoms with Crippen LogP contribution in [-0.2, 0) is 10.9 Å². The fraction of sp³-hybridized carbons (Fsp3) is 0.438. The number of carbonyl (C=O) groups excluding carboxylic acids is 1. The minimum atomic E-state index is -4.36. The van der Waals surface area contributed by atoms with Crippen LogP contribution in [0.4, 0.5) is 23.7 Å². The highest BCUT2D eigenvalue weighted by Gasteiger charge is 2.45. The Labute approximate surface area is 132 Å². The number of carbonyl (C=O) groups is 1. The molecule has 0 radical (unpaired) electrons. The third-order valence-corrected chi connectivity index (χ3v) is 3.70. The minimum absolute atomic E-state index is 0.362. The Balaban J connectivity index is 1.72. The summed E-state index contributed by atoms with van der Waals surface area (Å²) in [6, 6.07) is 5.20. The molecule has 23 heavy (non-hydrogen) atoms. The van der Waals surface area contributed by atoms with E-state index in [2.05, 4.69) is 0 Å². The number of anilines is 1. The van der Waals surface area contributed by atoms with Crippen LogP contribution >= 0.6 is 0 Å². The van der Waals surface area contributed by atoms with Crippen molar-refractivity contribution in [2.45, 2.75) is 32.5 Å². The van der Waals surface area contributed by atoms with Gasteiger partial charge < -0.3 is 9.64 Å². The highest BCUT2D eigenvalue weighted by atomic mass is 19.4. The van der Waals surface area contributed by atoms with Gasteiger partial charge in [0.15, 0.2) is 0 Å². The Hall–Kier alpha value is -2.18. The van der Waals surface area contributed by atoms with Crippen LogP contribution in [0, 0.1) is 0 Å². The lowest BCUT2D eigenvalue weighted by molar-refractivity contribution is -0.137. The topological polar surface area (TPSA) is 32.8 Å². The second-order valence-electron chi connectivity index (χ2n) is 6.59. The van der Waals surface area contributed by atoms with Crippen LogP contribution in [0.2, 0.25) is 0 Å². The number of halogens is 3. The summed E-state index contributed by atoms with van der Waals surface area (Å²) in [6.45, 7) is 6.14. The SMILES string of the molecule is CC(C)(C)OC(=O)N1CC2=C1CN2c1cccc(C(F)(F)F)c1. The Morgan fingerprint density at radius 2 is 1.83 bits per heavy atom. The van der Waals surface area contributed by atoms with Crippen molar-refractivity contribution < 1.29 is 22.7 Å². The molecule has 2 heterocycles. The zero-order valence-electron chi connectivity index (χ0n) is 13.1. The van der Waals surface area contributed by atoms with Gasteiger partial charge in [-0.05, 0) is 39.0 Å². The number of alkyl halides is 3. The maximum absolute atomic E-state index is 12.8. The summed E-state index contributed by atoms with van der Waals surface area (Å²) in [7, 11) is 0. The van der Waals surface area contributed by atoms with Crippen LogP contribution in [-0.4, -0.2) is 29.7 Å². The molecule has 1 amide bonds. The molecule has 0 unspecified atom stereocenters. The number of piperazine rings is 1. The molecule has 0 aliphatic carbocycles. The molecule has 0 fully saturated rings. The smallest absolute Gasteiger partial charge is 0.416 e. The first-order valence-corrected chi connectivity index (χ1v) is 7.23. The maximum atomic E-state index is 12.8. The number of rotatable bonds is 1. The molecular formula is C16H17F3N2O2. The molecule has 1 aromatic rings. The monoisotopic (exact) mass is 326 g/mol. The first-order chi connectivity index (χ1) is 10.6. The van der Waals surface area contributed by atoms with E-state index in [1.165, 1.54) is 11.0 Å². The molecule has 0 bridgehead atoms. The van der Waals surface area contributed by atoms with E-state index in [0.717, 1.165) is 23.5 Å². The molecular weight excluding hydrogens is 309 g/mol. The van der Waals surface area contributed by atoms with E-state index in [9.17, 15) is 18.0 Å². The van der Waals surface area contributed by atoms with Crippen LogP contribution in [0.25, 0.3) is 0 Å². The first-order valence-electron chi connectivity index (χ1n) is 7.23. The highest BCUT2D eigenvalue weighted by molar-refractivity contribution is 5.78. The van der Waals surface area contributed by atoms with Crippen molar-refractivity contribution in [3.05, 3.63) is 41.2 Å². The largest absolute Gasteiger partial charge is 0.443 e. The van der Waals surface area contributed by atoms with Gasteiger partial charge >= 0.3 is 12.3 Å². The quantitative estimate of drug-likeness (QED) is 0.782. The Morgan fingerprint density at radius 3 is 2.35 bits per heavy atom. The van der Waals surface area contributed by atoms with E-state index in [1.54, 1.807) is 31.7 Å². The molecule has 0 N–H and O–H groups in total. The van der Waals surface area contributed by atoms with Crippen molar-refractivity contribution >= 4 is 11.8 Å². The third kappa shape index (κ3) is 2.87. The van der Waals surface area contributed by atoms with Crippen molar-refractivity contribution in [1.29, 1.82) is 0 Å². The van der Waals surface area contributed by atoms with Crippen LogP contribution in [0.5, 0.6) is 0 Å². The summed E-state index contributed by atoms with van der Waals surface area (Å²) in [4.78, 5) is 15.3. The zero-order valence-corrected chi connectivity index (χ0v) is 13.1. The predicted octanol–water partition coefficient (Wildman–Crippen LogP) is 3.99. The normalized spacial score (nSPS) is 17.5. The average Bonchev–Trinajstić information content (AvgIpc) is 2.38. The van der Waals surface area contributed by atoms with E-state index in [1.807, 2.05) is 0 Å². The van der Waals surface area contributed by atoms with Gasteiger partial charge in [-0.1, -0.05) is 6.07 Å². The molecule has 2 aliphatic rings. The number of amides is 1. The predicted molar refractivity (Wildman–Crippen MR) is 78.8 cm³/mol. The lowest BCUT2D eigenvalue weighted by Gasteiger charge is -2.51. The van der Waals surface area contributed by atoms with Crippen LogP contribution < -0.4 is 4.90 Å². The molecule has 3 rings (SSSR count). The lowest BCUT2D eigenvalue weighted by atomic mass is 9.99. The maximum Gasteiger partial charge on any atom is 0.416 e. The molecule has 1 aromatic carbocycles. The molecule has 7 heteroatoms. The number of ether oxygens (including phenoxy) is 1. The van der Waals surface area contributed by atoms with Gasteiger partial charge in [-0.2, -0.15) is 13.2 Å². The summed E-state index contributed by atoms with van der Waals surface area (Å²) in [6.07, 6.45) is -4.78. The highest BCUT2D eigenvalue weighted by Crippen LogP contribution is 2.41. The van der Waals surface area contributed by atoms with Gasteiger partial charge in [0.1, 0.15) is 5.60 Å². The first kappa shape index (κ1) is 15.7. The number of hydrogen-bond donors (Lipinski definition) is 0. The van der Waals surface area contributed by atoms with Gasteiger partial charge in [-0.15, -0.1) is 0 Å². The minimum Gasteiger partial charge on any atom is -0.443 e. The molecule has 0 saturated carbocycles. The fourth-order valence-electron chi connectivity index (χ4n) is 2.56. The second kappa shape index (κ2) is 4.91. The van der Waals surface area contributed by atoms with E-state index in [4.69, 9.17) is 4.74 Å². The van der Waals surface area contributed by atoms with Crippen molar-refractivity contribution in [2.24, 2.45) is 0 Å². The van der Waals surface area contributed by atoms with Crippen molar-refractivity contribution in [3.8, 4) is 0 Å². The Bertz CT molecular complexity index is 689. The zero-order chi connectivity index (χ0) is 17.0. The molecule has 4 nitrogen and oxygen atoms in total. The van der Waals surface area contributed by atoms with Crippen molar-refractivity contribution in [2.75, 3.05) is 18.0 Å². The summed E-state index contributed by atoms with van der Waals surface area (Å²) in [5.74, 6) is 0. The molecule has 0 spiro atoms. The number of hydrogen-bond acceptors (Lipinski definition) is 3. The van der Waals surface area contributed by atoms with E-state index in [-0.39, 0.29) is 0 Å². The van der Waals surface area contributed by atoms with E-state index in [0.29, 0.717) is 18.8 Å². The fourth-order valence-corrected chi connectivity index (χ4v) is 2.56.